The van der Waals surface area contributed by atoms with Gasteiger partial charge < -0.3 is 14.4 Å². The van der Waals surface area contributed by atoms with Crippen LogP contribution in [0.4, 0.5) is 0 Å². The van der Waals surface area contributed by atoms with Crippen molar-refractivity contribution in [2.45, 2.75) is 232 Å². The smallest absolute Gasteiger partial charge is 0.462 e. The van der Waals surface area contributed by atoms with E-state index >= 15 is 0 Å². The molecule has 2 unspecified atom stereocenters. The molecule has 0 aliphatic carbocycles. The molecule has 50 heavy (non-hydrogen) atoms. The molecule has 0 rings (SSSR count). The molecular formula is C41H81O8P. The van der Waals surface area contributed by atoms with Crippen LogP contribution in [-0.2, 0) is 32.7 Å². The van der Waals surface area contributed by atoms with Crippen LogP contribution < -0.4 is 0 Å². The van der Waals surface area contributed by atoms with Crippen molar-refractivity contribution in [3.05, 3.63) is 0 Å². The van der Waals surface area contributed by atoms with Gasteiger partial charge in [-0.25, -0.2) is 4.57 Å². The second-order valence-corrected chi connectivity index (χ2v) is 15.8. The lowest BCUT2D eigenvalue weighted by Crippen LogP contribution is -2.29. The minimum absolute atomic E-state index is 0.00561. The summed E-state index contributed by atoms with van der Waals surface area (Å²) in [6.07, 6.45) is 37.2. The fourth-order valence-electron chi connectivity index (χ4n) is 6.28. The molecule has 0 aromatic carbocycles. The number of hydrogen-bond donors (Lipinski definition) is 1. The van der Waals surface area contributed by atoms with E-state index in [9.17, 15) is 19.0 Å². The fraction of sp³-hybridized carbons (Fsp3) is 0.951. The van der Waals surface area contributed by atoms with E-state index < -0.39 is 19.9 Å². The molecule has 2 atom stereocenters. The van der Waals surface area contributed by atoms with Gasteiger partial charge in [0.05, 0.1) is 13.2 Å². The first-order valence-electron chi connectivity index (χ1n) is 21.3. The second-order valence-electron chi connectivity index (χ2n) is 14.4. The first kappa shape index (κ1) is 49.0. The summed E-state index contributed by atoms with van der Waals surface area (Å²) in [5.74, 6) is -0.782. The van der Waals surface area contributed by atoms with E-state index in [-0.39, 0.29) is 32.2 Å². The molecule has 298 valence electrons. The zero-order valence-corrected chi connectivity index (χ0v) is 34.0. The van der Waals surface area contributed by atoms with Gasteiger partial charge in [-0.1, -0.05) is 194 Å². The highest BCUT2D eigenvalue weighted by Crippen LogP contribution is 2.43. The summed E-state index contributed by atoms with van der Waals surface area (Å²) >= 11 is 0. The molecule has 0 aliphatic rings. The third kappa shape index (κ3) is 36.8. The molecule has 0 heterocycles. The van der Waals surface area contributed by atoms with Gasteiger partial charge in [0.2, 0.25) is 0 Å². The molecule has 0 aliphatic heterocycles. The highest BCUT2D eigenvalue weighted by molar-refractivity contribution is 7.47. The molecule has 0 saturated carbocycles. The number of rotatable bonds is 40. The lowest BCUT2D eigenvalue weighted by Gasteiger charge is -2.19. The number of unbranched alkanes of at least 4 members (excludes halogenated alkanes) is 28. The Balaban J connectivity index is 4.03. The van der Waals surface area contributed by atoms with Gasteiger partial charge >= 0.3 is 19.8 Å². The van der Waals surface area contributed by atoms with E-state index in [1.165, 1.54) is 154 Å². The number of phosphoric acid groups is 1. The monoisotopic (exact) mass is 733 g/mol. The van der Waals surface area contributed by atoms with E-state index in [1.54, 1.807) is 6.92 Å². The number of carbonyl (C=O) groups excluding carboxylic acids is 2. The zero-order chi connectivity index (χ0) is 36.8. The molecular weight excluding hydrogens is 651 g/mol. The van der Waals surface area contributed by atoms with Crippen LogP contribution in [-0.4, -0.2) is 42.8 Å². The van der Waals surface area contributed by atoms with Gasteiger partial charge in [0, 0.05) is 12.8 Å². The minimum atomic E-state index is -4.27. The van der Waals surface area contributed by atoms with Crippen molar-refractivity contribution < 1.29 is 37.6 Å². The number of phosphoric ester groups is 1. The Bertz CT molecular complexity index is 793. The van der Waals surface area contributed by atoms with Crippen LogP contribution in [0.1, 0.15) is 226 Å². The van der Waals surface area contributed by atoms with E-state index in [4.69, 9.17) is 18.5 Å². The van der Waals surface area contributed by atoms with Crippen molar-refractivity contribution >= 4 is 19.8 Å². The maximum absolute atomic E-state index is 12.5. The minimum Gasteiger partial charge on any atom is -0.462 e. The molecule has 8 nitrogen and oxygen atoms in total. The number of ether oxygens (including phenoxy) is 2. The predicted octanol–water partition coefficient (Wildman–Crippen LogP) is 13.1. The molecule has 0 aromatic heterocycles. The summed E-state index contributed by atoms with van der Waals surface area (Å²) in [4.78, 5) is 34.7. The first-order chi connectivity index (χ1) is 24.3. The average molecular weight is 733 g/mol. The lowest BCUT2D eigenvalue weighted by molar-refractivity contribution is -0.161. The van der Waals surface area contributed by atoms with Gasteiger partial charge in [-0.2, -0.15) is 0 Å². The van der Waals surface area contributed by atoms with Crippen LogP contribution >= 0.6 is 7.82 Å². The Morgan fingerprint density at radius 1 is 0.460 bits per heavy atom. The van der Waals surface area contributed by atoms with Gasteiger partial charge in [0.15, 0.2) is 6.10 Å². The maximum atomic E-state index is 12.5. The van der Waals surface area contributed by atoms with Crippen LogP contribution in [0.3, 0.4) is 0 Å². The van der Waals surface area contributed by atoms with Crippen molar-refractivity contribution in [3.63, 3.8) is 0 Å². The number of esters is 2. The van der Waals surface area contributed by atoms with E-state index in [0.29, 0.717) is 6.42 Å². The van der Waals surface area contributed by atoms with E-state index in [1.807, 2.05) is 0 Å². The van der Waals surface area contributed by atoms with Gasteiger partial charge in [-0.05, 0) is 19.8 Å². The highest BCUT2D eigenvalue weighted by Gasteiger charge is 2.25. The Kier molecular flexibility index (Phi) is 37.1. The van der Waals surface area contributed by atoms with Crippen LogP contribution in [0.2, 0.25) is 0 Å². The van der Waals surface area contributed by atoms with Crippen LogP contribution in [0.15, 0.2) is 0 Å². The van der Waals surface area contributed by atoms with Crippen molar-refractivity contribution in [2.24, 2.45) is 0 Å². The maximum Gasteiger partial charge on any atom is 0.472 e. The van der Waals surface area contributed by atoms with Crippen LogP contribution in [0, 0.1) is 0 Å². The van der Waals surface area contributed by atoms with Gasteiger partial charge in [-0.3, -0.25) is 18.6 Å². The molecule has 1 N–H and O–H groups in total. The van der Waals surface area contributed by atoms with E-state index in [0.717, 1.165) is 38.5 Å². The Hall–Kier alpha value is -0.950. The third-order valence-electron chi connectivity index (χ3n) is 9.41. The molecule has 0 saturated heterocycles. The molecule has 0 spiro atoms. The highest BCUT2D eigenvalue weighted by atomic mass is 31.2. The fourth-order valence-corrected chi connectivity index (χ4v) is 7.03. The summed E-state index contributed by atoms with van der Waals surface area (Å²) < 4.78 is 32.6. The topological polar surface area (TPSA) is 108 Å². The Labute approximate surface area is 308 Å². The Morgan fingerprint density at radius 3 is 1.12 bits per heavy atom. The first-order valence-corrected chi connectivity index (χ1v) is 22.8. The third-order valence-corrected chi connectivity index (χ3v) is 10.5. The quantitative estimate of drug-likeness (QED) is 0.0377. The van der Waals surface area contributed by atoms with Crippen molar-refractivity contribution in [3.8, 4) is 0 Å². The summed E-state index contributed by atoms with van der Waals surface area (Å²) in [5.41, 5.74) is 0. The summed E-state index contributed by atoms with van der Waals surface area (Å²) in [6.45, 7) is 5.51. The zero-order valence-electron chi connectivity index (χ0n) is 33.1. The average Bonchev–Trinajstić information content (AvgIpc) is 3.09. The van der Waals surface area contributed by atoms with Gasteiger partial charge in [0.1, 0.15) is 6.61 Å². The normalized spacial score (nSPS) is 13.3. The van der Waals surface area contributed by atoms with Crippen LogP contribution in [0.25, 0.3) is 0 Å². The molecule has 0 bridgehead atoms. The van der Waals surface area contributed by atoms with Crippen molar-refractivity contribution in [1.29, 1.82) is 0 Å². The van der Waals surface area contributed by atoms with Gasteiger partial charge in [-0.15, -0.1) is 0 Å². The van der Waals surface area contributed by atoms with Gasteiger partial charge in [0.25, 0.3) is 0 Å². The SMILES string of the molecule is CCCCCCCCCCCCCCCCCCCC(=O)OC(COC(=O)CCCCCCCCCCCCCCC)COP(=O)(O)OCC. The van der Waals surface area contributed by atoms with Crippen LogP contribution in [0.5, 0.6) is 0 Å². The number of hydrogen-bond acceptors (Lipinski definition) is 7. The lowest BCUT2D eigenvalue weighted by atomic mass is 10.0. The number of carbonyl (C=O) groups is 2. The largest absolute Gasteiger partial charge is 0.472 e. The standard InChI is InChI=1S/C41H81O8P/c1-4-7-9-11-13-15-17-19-20-21-22-24-26-28-30-32-34-36-41(43)49-39(38-48-50(44,45)47-6-3)37-46-40(42)35-33-31-29-27-25-23-18-16-14-12-10-8-5-2/h39H,4-38H2,1-3H3,(H,44,45). The van der Waals surface area contributed by atoms with Crippen molar-refractivity contribution in [1.82, 2.24) is 0 Å². The Morgan fingerprint density at radius 2 is 0.780 bits per heavy atom. The predicted molar refractivity (Wildman–Crippen MR) is 207 cm³/mol. The summed E-state index contributed by atoms with van der Waals surface area (Å²) in [6, 6.07) is 0. The van der Waals surface area contributed by atoms with E-state index in [2.05, 4.69) is 13.8 Å². The summed E-state index contributed by atoms with van der Waals surface area (Å²) in [5, 5.41) is 0. The molecule has 0 amide bonds. The molecule has 0 radical (unpaired) electrons. The molecule has 9 heteroatoms. The second kappa shape index (κ2) is 37.8. The molecule has 0 fully saturated rings. The molecule has 0 aromatic rings. The summed E-state index contributed by atoms with van der Waals surface area (Å²) in [7, 11) is -4.27. The van der Waals surface area contributed by atoms with Crippen molar-refractivity contribution in [2.75, 3.05) is 19.8 Å².